The molecule has 1 aromatic heterocycles. The molecule has 26 heavy (non-hydrogen) atoms. The molecule has 134 valence electrons. The average Bonchev–Trinajstić information content (AvgIpc) is 3.28. The van der Waals surface area contributed by atoms with Crippen LogP contribution in [0.5, 0.6) is 11.5 Å². The molecule has 2 amide bonds. The van der Waals surface area contributed by atoms with E-state index in [1.165, 1.54) is 0 Å². The maximum absolute atomic E-state index is 12.6. The standard InChI is InChI=1S/C19H19N3O4/c1-12(15-4-2-3-7-20-15)21-19(24)13-8-18(23)22(10-13)14-5-6-16-17(9-14)26-11-25-16/h2-7,9,12-13H,8,10-11H2,1H3,(H,21,24). The van der Waals surface area contributed by atoms with Crippen molar-refractivity contribution >= 4 is 17.5 Å². The average molecular weight is 353 g/mol. The van der Waals surface area contributed by atoms with Crippen LogP contribution in [0, 0.1) is 5.92 Å². The highest BCUT2D eigenvalue weighted by molar-refractivity contribution is 6.00. The van der Waals surface area contributed by atoms with Crippen LogP contribution < -0.4 is 19.7 Å². The Bertz CT molecular complexity index is 840. The molecule has 4 rings (SSSR count). The predicted molar refractivity (Wildman–Crippen MR) is 93.8 cm³/mol. The molecule has 0 bridgehead atoms. The molecule has 1 aromatic carbocycles. The molecule has 2 atom stereocenters. The zero-order valence-electron chi connectivity index (χ0n) is 14.3. The molecule has 1 fully saturated rings. The van der Waals surface area contributed by atoms with Crippen molar-refractivity contribution in [2.24, 2.45) is 5.92 Å². The van der Waals surface area contributed by atoms with E-state index in [-0.39, 0.29) is 37.0 Å². The number of amides is 2. The van der Waals surface area contributed by atoms with Gasteiger partial charge in [-0.05, 0) is 31.2 Å². The van der Waals surface area contributed by atoms with Crippen molar-refractivity contribution in [2.45, 2.75) is 19.4 Å². The van der Waals surface area contributed by atoms with Gasteiger partial charge in [-0.2, -0.15) is 0 Å². The van der Waals surface area contributed by atoms with Gasteiger partial charge in [0, 0.05) is 30.9 Å². The Hall–Kier alpha value is -3.09. The Morgan fingerprint density at radius 1 is 1.27 bits per heavy atom. The Kier molecular flexibility index (Phi) is 4.20. The van der Waals surface area contributed by atoms with Gasteiger partial charge >= 0.3 is 0 Å². The lowest BCUT2D eigenvalue weighted by Crippen LogP contribution is -2.34. The van der Waals surface area contributed by atoms with Crippen LogP contribution in [0.15, 0.2) is 42.6 Å². The van der Waals surface area contributed by atoms with Gasteiger partial charge in [0.15, 0.2) is 11.5 Å². The number of nitrogens with one attached hydrogen (secondary N) is 1. The number of anilines is 1. The van der Waals surface area contributed by atoms with Crippen LogP contribution in [0.2, 0.25) is 0 Å². The zero-order chi connectivity index (χ0) is 18.1. The smallest absolute Gasteiger partial charge is 0.231 e. The molecule has 0 spiro atoms. The van der Waals surface area contributed by atoms with Crippen LogP contribution in [0.3, 0.4) is 0 Å². The molecule has 7 heteroatoms. The van der Waals surface area contributed by atoms with Crippen molar-refractivity contribution in [1.29, 1.82) is 0 Å². The third-order valence-corrected chi connectivity index (χ3v) is 4.65. The quantitative estimate of drug-likeness (QED) is 0.910. The van der Waals surface area contributed by atoms with Crippen molar-refractivity contribution in [1.82, 2.24) is 10.3 Å². The second kappa shape index (κ2) is 6.67. The molecule has 0 radical (unpaired) electrons. The van der Waals surface area contributed by atoms with E-state index < -0.39 is 0 Å². The summed E-state index contributed by atoms with van der Waals surface area (Å²) < 4.78 is 10.7. The van der Waals surface area contributed by atoms with Gasteiger partial charge < -0.3 is 19.7 Å². The number of carbonyl (C=O) groups is 2. The van der Waals surface area contributed by atoms with Gasteiger partial charge in [-0.1, -0.05) is 6.07 Å². The minimum atomic E-state index is -0.390. The van der Waals surface area contributed by atoms with Crippen molar-refractivity contribution < 1.29 is 19.1 Å². The number of pyridine rings is 1. The summed E-state index contributed by atoms with van der Waals surface area (Å²) in [4.78, 5) is 30.9. The Labute approximate surface area is 150 Å². The summed E-state index contributed by atoms with van der Waals surface area (Å²) in [5, 5.41) is 2.95. The number of hydrogen-bond donors (Lipinski definition) is 1. The summed E-state index contributed by atoms with van der Waals surface area (Å²) in [6.45, 7) is 2.41. The van der Waals surface area contributed by atoms with E-state index >= 15 is 0 Å². The van der Waals surface area contributed by atoms with Gasteiger partial charge in [0.25, 0.3) is 0 Å². The third kappa shape index (κ3) is 3.08. The number of aromatic nitrogens is 1. The first kappa shape index (κ1) is 16.4. The number of hydrogen-bond acceptors (Lipinski definition) is 5. The molecule has 1 saturated heterocycles. The molecule has 7 nitrogen and oxygen atoms in total. The van der Waals surface area contributed by atoms with Gasteiger partial charge in [0.2, 0.25) is 18.6 Å². The first-order chi connectivity index (χ1) is 12.6. The fourth-order valence-electron chi connectivity index (χ4n) is 3.22. The van der Waals surface area contributed by atoms with E-state index in [4.69, 9.17) is 9.47 Å². The lowest BCUT2D eigenvalue weighted by Gasteiger charge is -2.18. The minimum Gasteiger partial charge on any atom is -0.454 e. The normalized spacial score (nSPS) is 19.5. The molecule has 0 aliphatic carbocycles. The summed E-state index contributed by atoms with van der Waals surface area (Å²) in [5.74, 6) is 0.680. The highest BCUT2D eigenvalue weighted by Gasteiger charge is 2.36. The predicted octanol–water partition coefficient (Wildman–Crippen LogP) is 2.04. The van der Waals surface area contributed by atoms with Gasteiger partial charge in [0.1, 0.15) is 0 Å². The Morgan fingerprint density at radius 2 is 2.12 bits per heavy atom. The number of carbonyl (C=O) groups excluding carboxylic acids is 2. The first-order valence-corrected chi connectivity index (χ1v) is 8.53. The summed E-state index contributed by atoms with van der Waals surface area (Å²) in [6.07, 6.45) is 1.88. The summed E-state index contributed by atoms with van der Waals surface area (Å²) in [5.41, 5.74) is 1.50. The third-order valence-electron chi connectivity index (χ3n) is 4.65. The van der Waals surface area contributed by atoms with Crippen LogP contribution in [-0.2, 0) is 9.59 Å². The highest BCUT2D eigenvalue weighted by atomic mass is 16.7. The van der Waals surface area contributed by atoms with Gasteiger partial charge in [0.05, 0.1) is 17.7 Å². The SMILES string of the molecule is CC(NC(=O)C1CC(=O)N(c2ccc3c(c2)OCO3)C1)c1ccccn1. The molecule has 3 heterocycles. The number of ether oxygens (including phenoxy) is 2. The fourth-order valence-corrected chi connectivity index (χ4v) is 3.22. The lowest BCUT2D eigenvalue weighted by molar-refractivity contribution is -0.126. The Morgan fingerprint density at radius 3 is 2.92 bits per heavy atom. The van der Waals surface area contributed by atoms with E-state index in [9.17, 15) is 9.59 Å². The van der Waals surface area contributed by atoms with E-state index in [1.54, 1.807) is 23.2 Å². The van der Waals surface area contributed by atoms with Crippen molar-refractivity contribution in [3.8, 4) is 11.5 Å². The highest BCUT2D eigenvalue weighted by Crippen LogP contribution is 2.37. The molecule has 2 unspecified atom stereocenters. The number of benzene rings is 1. The second-order valence-corrected chi connectivity index (χ2v) is 6.43. The molecular weight excluding hydrogens is 334 g/mol. The van der Waals surface area contributed by atoms with E-state index in [0.717, 1.165) is 5.69 Å². The van der Waals surface area contributed by atoms with E-state index in [0.29, 0.717) is 23.7 Å². The largest absolute Gasteiger partial charge is 0.454 e. The van der Waals surface area contributed by atoms with Crippen LogP contribution in [0.25, 0.3) is 0 Å². The molecule has 2 aliphatic heterocycles. The lowest BCUT2D eigenvalue weighted by atomic mass is 10.1. The molecule has 1 N–H and O–H groups in total. The summed E-state index contributed by atoms with van der Waals surface area (Å²) in [6, 6.07) is 10.7. The number of rotatable bonds is 4. The van der Waals surface area contributed by atoms with Gasteiger partial charge in [-0.25, -0.2) is 0 Å². The first-order valence-electron chi connectivity index (χ1n) is 8.53. The fraction of sp³-hybridized carbons (Fsp3) is 0.316. The van der Waals surface area contributed by atoms with Gasteiger partial charge in [-0.15, -0.1) is 0 Å². The van der Waals surface area contributed by atoms with Crippen molar-refractivity contribution in [2.75, 3.05) is 18.2 Å². The van der Waals surface area contributed by atoms with E-state index in [1.807, 2.05) is 31.2 Å². The monoisotopic (exact) mass is 353 g/mol. The molecular formula is C19H19N3O4. The molecule has 0 saturated carbocycles. The van der Waals surface area contributed by atoms with Crippen molar-refractivity contribution in [3.05, 3.63) is 48.3 Å². The maximum atomic E-state index is 12.6. The minimum absolute atomic E-state index is 0.0745. The summed E-state index contributed by atoms with van der Waals surface area (Å²) in [7, 11) is 0. The number of fused-ring (bicyclic) bond motifs is 1. The molecule has 2 aromatic rings. The Balaban J connectivity index is 1.43. The number of nitrogens with zero attached hydrogens (tertiary/aromatic N) is 2. The summed E-state index contributed by atoms with van der Waals surface area (Å²) >= 11 is 0. The van der Waals surface area contributed by atoms with Crippen LogP contribution in [0.4, 0.5) is 5.69 Å². The van der Waals surface area contributed by atoms with Crippen LogP contribution in [0.1, 0.15) is 25.1 Å². The van der Waals surface area contributed by atoms with Crippen LogP contribution in [-0.4, -0.2) is 30.1 Å². The second-order valence-electron chi connectivity index (χ2n) is 6.43. The topological polar surface area (TPSA) is 80.8 Å². The van der Waals surface area contributed by atoms with Crippen LogP contribution >= 0.6 is 0 Å². The molecule has 2 aliphatic rings. The zero-order valence-corrected chi connectivity index (χ0v) is 14.3. The van der Waals surface area contributed by atoms with Gasteiger partial charge in [-0.3, -0.25) is 14.6 Å². The maximum Gasteiger partial charge on any atom is 0.231 e. The van der Waals surface area contributed by atoms with Crippen molar-refractivity contribution in [3.63, 3.8) is 0 Å². The van der Waals surface area contributed by atoms with E-state index in [2.05, 4.69) is 10.3 Å².